The standard InChI is InChI=1S/C32H30ClN3O3S.3C2H6/c1-21-7-5-11-25(34-21)20-36(32(37)30-19-28(30)22-8-3-2-4-9-22)26-15-13-23-14-16-31(29(23)18-26)35-40(38,39)27-12-6-10-24(33)17-27;3*1-2/h2-13,15,17-18,28,30-31,35H,14,16,19-20H2,1H3;3*1-2H3/t28-,30+,31?;;;/m1.../s1. The molecular formula is C38H48ClN3O3S. The van der Waals surface area contributed by atoms with Crippen LogP contribution in [0.3, 0.4) is 0 Å². The average Bonchev–Trinajstić information content (AvgIpc) is 3.81. The van der Waals surface area contributed by atoms with E-state index in [4.69, 9.17) is 11.6 Å². The van der Waals surface area contributed by atoms with Gasteiger partial charge in [-0.15, -0.1) is 0 Å². The first kappa shape index (κ1) is 36.9. The minimum absolute atomic E-state index is 0.0613. The van der Waals surface area contributed by atoms with Gasteiger partial charge in [0.25, 0.3) is 0 Å². The van der Waals surface area contributed by atoms with Gasteiger partial charge in [0, 0.05) is 28.4 Å². The molecule has 0 aliphatic heterocycles. The van der Waals surface area contributed by atoms with E-state index < -0.39 is 16.1 Å². The quantitative estimate of drug-likeness (QED) is 0.204. The molecule has 8 heteroatoms. The molecule has 1 heterocycles. The van der Waals surface area contributed by atoms with Crippen molar-refractivity contribution in [3.8, 4) is 0 Å². The number of carbonyl (C=O) groups is 1. The normalized spacial score (nSPS) is 17.5. The number of sulfonamides is 1. The first-order chi connectivity index (χ1) is 22.3. The fourth-order valence-corrected chi connectivity index (χ4v) is 7.20. The molecule has 0 spiro atoms. The largest absolute Gasteiger partial charge is 0.306 e. The van der Waals surface area contributed by atoms with Crippen LogP contribution in [-0.2, 0) is 27.8 Å². The monoisotopic (exact) mass is 661 g/mol. The highest BCUT2D eigenvalue weighted by Gasteiger charge is 2.46. The van der Waals surface area contributed by atoms with Crippen molar-refractivity contribution in [2.75, 3.05) is 4.90 Å². The van der Waals surface area contributed by atoms with Crippen LogP contribution in [0.5, 0.6) is 0 Å². The van der Waals surface area contributed by atoms with Crippen molar-refractivity contribution in [1.82, 2.24) is 9.71 Å². The van der Waals surface area contributed by atoms with Crippen molar-refractivity contribution >= 4 is 33.2 Å². The van der Waals surface area contributed by atoms with Crippen LogP contribution in [-0.4, -0.2) is 19.3 Å². The Kier molecular flexibility index (Phi) is 14.0. The Labute approximate surface area is 281 Å². The molecule has 1 unspecified atom stereocenters. The van der Waals surface area contributed by atoms with Crippen LogP contribution >= 0.6 is 11.6 Å². The van der Waals surface area contributed by atoms with E-state index in [0.717, 1.165) is 41.0 Å². The summed E-state index contributed by atoms with van der Waals surface area (Å²) in [4.78, 5) is 20.6. The molecule has 1 aromatic heterocycles. The third kappa shape index (κ3) is 9.05. The molecule has 6 rings (SSSR count). The second-order valence-electron chi connectivity index (χ2n) is 10.6. The summed E-state index contributed by atoms with van der Waals surface area (Å²) in [6.07, 6.45) is 2.21. The summed E-state index contributed by atoms with van der Waals surface area (Å²) < 4.78 is 29.2. The number of anilines is 1. The summed E-state index contributed by atoms with van der Waals surface area (Å²) in [6.45, 7) is 14.3. The molecule has 3 atom stereocenters. The van der Waals surface area contributed by atoms with E-state index >= 15 is 0 Å². The zero-order valence-electron chi connectivity index (χ0n) is 28.1. The van der Waals surface area contributed by atoms with E-state index in [1.165, 1.54) is 17.7 Å². The Bertz CT molecular complexity index is 1680. The van der Waals surface area contributed by atoms with Gasteiger partial charge in [-0.2, -0.15) is 0 Å². The first-order valence-corrected chi connectivity index (χ1v) is 18.3. The summed E-state index contributed by atoms with van der Waals surface area (Å²) in [5.74, 6) is 0.164. The lowest BCUT2D eigenvalue weighted by Gasteiger charge is -2.25. The molecule has 1 saturated carbocycles. The SMILES string of the molecule is CC.CC.CC.Cc1cccc(CN(C(=O)[C@H]2C[C@@H]2c2ccccc2)c2ccc3c(c2)C(NS(=O)(=O)c2cccc(Cl)c2)CC3)n1. The highest BCUT2D eigenvalue weighted by molar-refractivity contribution is 7.89. The highest BCUT2D eigenvalue weighted by Crippen LogP contribution is 2.49. The van der Waals surface area contributed by atoms with Crippen LogP contribution in [0.25, 0.3) is 0 Å². The molecule has 4 aromatic rings. The predicted octanol–water partition coefficient (Wildman–Crippen LogP) is 9.42. The molecule has 2 aliphatic carbocycles. The predicted molar refractivity (Wildman–Crippen MR) is 191 cm³/mol. The number of halogens is 1. The van der Waals surface area contributed by atoms with Gasteiger partial charge in [0.2, 0.25) is 15.9 Å². The summed E-state index contributed by atoms with van der Waals surface area (Å²) in [5.41, 5.74) is 5.61. The maximum atomic E-state index is 14.0. The van der Waals surface area contributed by atoms with Crippen LogP contribution in [0.1, 0.15) is 94.4 Å². The number of hydrogen-bond donors (Lipinski definition) is 1. The number of carbonyl (C=O) groups excluding carboxylic acids is 1. The van der Waals surface area contributed by atoms with Gasteiger partial charge in [-0.1, -0.05) is 102 Å². The van der Waals surface area contributed by atoms with Crippen LogP contribution < -0.4 is 9.62 Å². The van der Waals surface area contributed by atoms with Gasteiger partial charge in [0.15, 0.2) is 0 Å². The molecule has 0 bridgehead atoms. The Morgan fingerprint density at radius 1 is 0.891 bits per heavy atom. The van der Waals surface area contributed by atoms with E-state index in [1.807, 2.05) is 108 Å². The maximum Gasteiger partial charge on any atom is 0.241 e. The fourth-order valence-electron chi connectivity index (χ4n) is 5.65. The van der Waals surface area contributed by atoms with Crippen LogP contribution in [0, 0.1) is 12.8 Å². The number of amides is 1. The van der Waals surface area contributed by atoms with Crippen molar-refractivity contribution in [3.05, 3.63) is 124 Å². The number of aryl methyl sites for hydroxylation is 2. The van der Waals surface area contributed by atoms with E-state index in [9.17, 15) is 13.2 Å². The Hall–Kier alpha value is -3.52. The van der Waals surface area contributed by atoms with E-state index in [0.29, 0.717) is 18.0 Å². The molecule has 246 valence electrons. The van der Waals surface area contributed by atoms with Gasteiger partial charge in [-0.05, 0) is 91.3 Å². The minimum atomic E-state index is -3.78. The van der Waals surface area contributed by atoms with E-state index in [1.54, 1.807) is 12.1 Å². The zero-order chi connectivity index (χ0) is 33.9. The van der Waals surface area contributed by atoms with Gasteiger partial charge in [0.05, 0.1) is 17.1 Å². The summed E-state index contributed by atoms with van der Waals surface area (Å²) in [5, 5.41) is 0.366. The van der Waals surface area contributed by atoms with Gasteiger partial charge in [-0.3, -0.25) is 9.78 Å². The topological polar surface area (TPSA) is 79.4 Å². The number of pyridine rings is 1. The van der Waals surface area contributed by atoms with E-state index in [2.05, 4.69) is 21.8 Å². The van der Waals surface area contributed by atoms with Crippen molar-refractivity contribution in [2.45, 2.75) is 91.1 Å². The number of benzene rings is 3. The summed E-state index contributed by atoms with van der Waals surface area (Å²) in [6, 6.07) is 27.8. The molecular weight excluding hydrogens is 614 g/mol. The lowest BCUT2D eigenvalue weighted by Crippen LogP contribution is -2.33. The number of nitrogens with one attached hydrogen (secondary N) is 1. The number of hydrogen-bond acceptors (Lipinski definition) is 4. The molecule has 0 radical (unpaired) electrons. The van der Waals surface area contributed by atoms with E-state index in [-0.39, 0.29) is 22.6 Å². The fraction of sp³-hybridized carbons (Fsp3) is 0.368. The second kappa shape index (κ2) is 17.4. The van der Waals surface area contributed by atoms with Gasteiger partial charge in [0.1, 0.15) is 0 Å². The smallest absolute Gasteiger partial charge is 0.241 e. The number of fused-ring (bicyclic) bond motifs is 1. The van der Waals surface area contributed by atoms with Crippen LogP contribution in [0.4, 0.5) is 5.69 Å². The Morgan fingerprint density at radius 3 is 2.26 bits per heavy atom. The lowest BCUT2D eigenvalue weighted by atomic mass is 10.1. The van der Waals surface area contributed by atoms with Crippen molar-refractivity contribution in [2.24, 2.45) is 5.92 Å². The lowest BCUT2D eigenvalue weighted by molar-refractivity contribution is -0.120. The third-order valence-corrected chi connectivity index (χ3v) is 9.49. The average molecular weight is 662 g/mol. The molecule has 1 fully saturated rings. The molecule has 6 nitrogen and oxygen atoms in total. The number of aromatic nitrogens is 1. The van der Waals surface area contributed by atoms with Crippen LogP contribution in [0.2, 0.25) is 5.02 Å². The molecule has 2 aliphatic rings. The maximum absolute atomic E-state index is 14.0. The van der Waals surface area contributed by atoms with Crippen LogP contribution in [0.15, 0.2) is 95.9 Å². The Balaban J connectivity index is 0.000000908. The molecule has 1 N–H and O–H groups in total. The van der Waals surface area contributed by atoms with Gasteiger partial charge in [-0.25, -0.2) is 13.1 Å². The number of nitrogens with zero attached hydrogens (tertiary/aromatic N) is 2. The van der Waals surface area contributed by atoms with Crippen molar-refractivity contribution in [3.63, 3.8) is 0 Å². The highest BCUT2D eigenvalue weighted by atomic mass is 35.5. The second-order valence-corrected chi connectivity index (χ2v) is 12.8. The molecule has 3 aromatic carbocycles. The summed E-state index contributed by atoms with van der Waals surface area (Å²) >= 11 is 6.06. The van der Waals surface area contributed by atoms with Crippen molar-refractivity contribution < 1.29 is 13.2 Å². The number of rotatable bonds is 8. The van der Waals surface area contributed by atoms with Gasteiger partial charge >= 0.3 is 0 Å². The minimum Gasteiger partial charge on any atom is -0.306 e. The summed E-state index contributed by atoms with van der Waals surface area (Å²) in [7, 11) is -3.78. The molecule has 46 heavy (non-hydrogen) atoms. The van der Waals surface area contributed by atoms with Crippen molar-refractivity contribution in [1.29, 1.82) is 0 Å². The molecule has 0 saturated heterocycles. The van der Waals surface area contributed by atoms with Gasteiger partial charge < -0.3 is 4.90 Å². The zero-order valence-corrected chi connectivity index (χ0v) is 29.7. The molecule has 1 amide bonds. The third-order valence-electron chi connectivity index (χ3n) is 7.79. The first-order valence-electron chi connectivity index (χ1n) is 16.5. The Morgan fingerprint density at radius 2 is 1.59 bits per heavy atom.